The van der Waals surface area contributed by atoms with Gasteiger partial charge in [-0.05, 0) is 57.1 Å². The first-order valence-corrected chi connectivity index (χ1v) is 13.2. The molecule has 1 aliphatic rings. The van der Waals surface area contributed by atoms with Crippen LogP contribution >= 0.6 is 0 Å². The Bertz CT molecular complexity index is 1220. The number of aliphatic hydroxyl groups excluding tert-OH is 1. The Kier molecular flexibility index (Phi) is 8.73. The Labute approximate surface area is 214 Å². The largest absolute Gasteiger partial charge is 0.390 e. The molecule has 1 amide bonds. The number of para-hydroxylation sites is 2. The molecule has 6 heteroatoms. The topological polar surface area (TPSA) is 61.1 Å². The van der Waals surface area contributed by atoms with E-state index in [1.165, 1.54) is 5.01 Å². The molecule has 1 N–H and O–H groups in total. The number of hydrogen-bond donors (Lipinski definition) is 1. The number of unbranched alkanes of at least 4 members (excludes halogenated alkanes) is 2. The fourth-order valence-corrected chi connectivity index (χ4v) is 4.77. The lowest BCUT2D eigenvalue weighted by atomic mass is 10.1. The van der Waals surface area contributed by atoms with Gasteiger partial charge in [0, 0.05) is 35.8 Å². The van der Waals surface area contributed by atoms with Crippen LogP contribution in [0.15, 0.2) is 71.5 Å². The second kappa shape index (κ2) is 12.2. The van der Waals surface area contributed by atoms with E-state index >= 15 is 0 Å². The molecule has 1 atom stereocenters. The Morgan fingerprint density at radius 2 is 1.67 bits per heavy atom. The monoisotopic (exact) mass is 486 g/mol. The van der Waals surface area contributed by atoms with E-state index < -0.39 is 6.10 Å². The molecule has 0 fully saturated rings. The summed E-state index contributed by atoms with van der Waals surface area (Å²) in [6.45, 7) is 9.51. The van der Waals surface area contributed by atoms with Crippen LogP contribution in [0.1, 0.15) is 52.0 Å². The number of hydrogen-bond acceptors (Lipinski definition) is 4. The third-order valence-corrected chi connectivity index (χ3v) is 6.71. The van der Waals surface area contributed by atoms with Crippen LogP contribution in [0.4, 0.5) is 5.69 Å². The molecule has 0 spiro atoms. The first-order valence-electron chi connectivity index (χ1n) is 13.2. The van der Waals surface area contributed by atoms with E-state index in [0.717, 1.165) is 60.9 Å². The van der Waals surface area contributed by atoms with E-state index in [1.807, 2.05) is 55.5 Å². The minimum atomic E-state index is -0.472. The van der Waals surface area contributed by atoms with Crippen molar-refractivity contribution in [1.29, 1.82) is 0 Å². The Balaban J connectivity index is 1.57. The summed E-state index contributed by atoms with van der Waals surface area (Å²) in [4.78, 5) is 15.6. The molecular formula is C30H38N4O2. The second-order valence-electron chi connectivity index (χ2n) is 9.61. The second-order valence-corrected chi connectivity index (χ2v) is 9.61. The van der Waals surface area contributed by atoms with Crippen molar-refractivity contribution in [3.05, 3.63) is 71.9 Å². The van der Waals surface area contributed by atoms with Crippen molar-refractivity contribution in [3.63, 3.8) is 0 Å². The SMILES string of the molecule is CCCCN(CCCC)C[C@H](O)Cn1cc(/C=C2/C(=O)N(c3ccccc3)N=C2C)c2ccccc21. The van der Waals surface area contributed by atoms with Crippen molar-refractivity contribution in [3.8, 4) is 0 Å². The first-order chi connectivity index (χ1) is 17.5. The van der Waals surface area contributed by atoms with E-state index in [-0.39, 0.29) is 5.91 Å². The highest BCUT2D eigenvalue weighted by Crippen LogP contribution is 2.28. The molecule has 6 nitrogen and oxygen atoms in total. The number of carbonyl (C=O) groups excluding carboxylic acids is 1. The van der Waals surface area contributed by atoms with Gasteiger partial charge in [0.05, 0.1) is 23.1 Å². The summed E-state index contributed by atoms with van der Waals surface area (Å²) in [5.41, 5.74) is 4.05. The van der Waals surface area contributed by atoms with Crippen molar-refractivity contribution in [1.82, 2.24) is 9.47 Å². The summed E-state index contributed by atoms with van der Waals surface area (Å²) in [5, 5.41) is 18.0. The zero-order valence-electron chi connectivity index (χ0n) is 21.7. The highest BCUT2D eigenvalue weighted by molar-refractivity contribution is 6.32. The maximum atomic E-state index is 13.2. The summed E-state index contributed by atoms with van der Waals surface area (Å²) < 4.78 is 2.12. The van der Waals surface area contributed by atoms with Gasteiger partial charge < -0.3 is 14.6 Å². The van der Waals surface area contributed by atoms with Gasteiger partial charge in [-0.25, -0.2) is 0 Å². The third kappa shape index (κ3) is 5.94. The molecule has 3 aromatic rings. The maximum Gasteiger partial charge on any atom is 0.280 e. The van der Waals surface area contributed by atoms with Crippen LogP contribution in [-0.4, -0.2) is 51.9 Å². The van der Waals surface area contributed by atoms with E-state index in [9.17, 15) is 9.90 Å². The number of amides is 1. The number of benzene rings is 2. The van der Waals surface area contributed by atoms with Crippen LogP contribution in [0.2, 0.25) is 0 Å². The predicted octanol–water partition coefficient (Wildman–Crippen LogP) is 5.71. The molecule has 190 valence electrons. The molecule has 1 aromatic heterocycles. The average molecular weight is 487 g/mol. The number of carbonyl (C=O) groups is 1. The molecular weight excluding hydrogens is 448 g/mol. The van der Waals surface area contributed by atoms with E-state index in [1.54, 1.807) is 0 Å². The molecule has 0 unspecified atom stereocenters. The number of hydrazone groups is 1. The fraction of sp³-hybridized carbons (Fsp3) is 0.400. The van der Waals surface area contributed by atoms with Gasteiger partial charge in [-0.2, -0.15) is 10.1 Å². The number of aliphatic hydroxyl groups is 1. The molecule has 1 aliphatic heterocycles. The summed E-state index contributed by atoms with van der Waals surface area (Å²) >= 11 is 0. The molecule has 36 heavy (non-hydrogen) atoms. The summed E-state index contributed by atoms with van der Waals surface area (Å²) in [5.74, 6) is -0.127. The quantitative estimate of drug-likeness (QED) is 0.334. The van der Waals surface area contributed by atoms with Crippen molar-refractivity contribution in [2.24, 2.45) is 5.10 Å². The van der Waals surface area contributed by atoms with Crippen molar-refractivity contribution in [2.75, 3.05) is 24.6 Å². The number of rotatable bonds is 12. The predicted molar refractivity (Wildman–Crippen MR) is 149 cm³/mol. The van der Waals surface area contributed by atoms with Gasteiger partial charge in [-0.1, -0.05) is 63.1 Å². The maximum absolute atomic E-state index is 13.2. The number of anilines is 1. The highest BCUT2D eigenvalue weighted by atomic mass is 16.3. The van der Waals surface area contributed by atoms with E-state index in [2.05, 4.69) is 46.7 Å². The minimum Gasteiger partial charge on any atom is -0.390 e. The molecule has 0 aliphatic carbocycles. The van der Waals surface area contributed by atoms with Gasteiger partial charge in [-0.15, -0.1) is 0 Å². The molecule has 2 heterocycles. The van der Waals surface area contributed by atoms with Crippen LogP contribution < -0.4 is 5.01 Å². The number of fused-ring (bicyclic) bond motifs is 1. The van der Waals surface area contributed by atoms with Gasteiger partial charge in [0.1, 0.15) is 0 Å². The Hall–Kier alpha value is -3.22. The average Bonchev–Trinajstić information content (AvgIpc) is 3.38. The lowest BCUT2D eigenvalue weighted by Crippen LogP contribution is -2.36. The lowest BCUT2D eigenvalue weighted by Gasteiger charge is -2.25. The minimum absolute atomic E-state index is 0.127. The number of nitrogens with zero attached hydrogens (tertiary/aromatic N) is 4. The highest BCUT2D eigenvalue weighted by Gasteiger charge is 2.29. The summed E-state index contributed by atoms with van der Waals surface area (Å²) in [6, 6.07) is 17.7. The van der Waals surface area contributed by atoms with Crippen molar-refractivity contribution < 1.29 is 9.90 Å². The van der Waals surface area contributed by atoms with Crippen LogP contribution in [0.25, 0.3) is 17.0 Å². The molecule has 2 aromatic carbocycles. The molecule has 0 saturated heterocycles. The van der Waals surface area contributed by atoms with Gasteiger partial charge in [0.15, 0.2) is 0 Å². The standard InChI is InChI=1S/C30H38N4O2/c1-4-6-17-32(18-7-5-2)21-26(35)22-33-20-24(27-15-11-12-16-29(27)33)19-28-23(3)31-34(30(28)36)25-13-9-8-10-14-25/h8-16,19-20,26,35H,4-7,17-18,21-22H2,1-3H3/b28-19+/t26-/m0/s1. The van der Waals surface area contributed by atoms with Crippen LogP contribution in [0.3, 0.4) is 0 Å². The van der Waals surface area contributed by atoms with E-state index in [4.69, 9.17) is 0 Å². The first kappa shape index (κ1) is 25.9. The van der Waals surface area contributed by atoms with E-state index in [0.29, 0.717) is 24.4 Å². The van der Waals surface area contributed by atoms with Crippen LogP contribution in [-0.2, 0) is 11.3 Å². The normalized spacial score (nSPS) is 15.9. The fourth-order valence-electron chi connectivity index (χ4n) is 4.77. The molecule has 4 rings (SSSR count). The smallest absolute Gasteiger partial charge is 0.280 e. The lowest BCUT2D eigenvalue weighted by molar-refractivity contribution is -0.114. The summed E-state index contributed by atoms with van der Waals surface area (Å²) in [7, 11) is 0. The van der Waals surface area contributed by atoms with Crippen molar-refractivity contribution in [2.45, 2.75) is 59.1 Å². The van der Waals surface area contributed by atoms with Crippen LogP contribution in [0.5, 0.6) is 0 Å². The van der Waals surface area contributed by atoms with Gasteiger partial charge in [0.2, 0.25) is 0 Å². The Morgan fingerprint density at radius 1 is 1.00 bits per heavy atom. The van der Waals surface area contributed by atoms with Gasteiger partial charge in [-0.3, -0.25) is 4.79 Å². The molecule has 0 bridgehead atoms. The molecule has 0 radical (unpaired) electrons. The van der Waals surface area contributed by atoms with Gasteiger partial charge >= 0.3 is 0 Å². The molecule has 0 saturated carbocycles. The zero-order valence-corrected chi connectivity index (χ0v) is 21.7. The van der Waals surface area contributed by atoms with Crippen LogP contribution in [0, 0.1) is 0 Å². The van der Waals surface area contributed by atoms with Crippen molar-refractivity contribution >= 4 is 34.3 Å². The Morgan fingerprint density at radius 3 is 2.36 bits per heavy atom. The third-order valence-electron chi connectivity index (χ3n) is 6.71. The van der Waals surface area contributed by atoms with Gasteiger partial charge in [0.25, 0.3) is 5.91 Å². The summed E-state index contributed by atoms with van der Waals surface area (Å²) in [6.07, 6.45) is 8.12. The number of aromatic nitrogens is 1. The zero-order chi connectivity index (χ0) is 25.5.